The molecule has 1 fully saturated rings. The summed E-state index contributed by atoms with van der Waals surface area (Å²) < 4.78 is 11.3. The van der Waals surface area contributed by atoms with Crippen molar-refractivity contribution in [1.29, 1.82) is 0 Å². The molecule has 0 radical (unpaired) electrons. The minimum atomic E-state index is -0.495. The molecule has 1 rings (SSSR count). The normalized spacial score (nSPS) is 25.1. The van der Waals surface area contributed by atoms with Crippen LogP contribution in [0.4, 0.5) is 0 Å². The highest BCUT2D eigenvalue weighted by Gasteiger charge is 2.26. The van der Waals surface area contributed by atoms with E-state index in [0.29, 0.717) is 0 Å². The summed E-state index contributed by atoms with van der Waals surface area (Å²) in [4.78, 5) is 0. The molecule has 86 valence electrons. The van der Waals surface area contributed by atoms with Crippen molar-refractivity contribution >= 4 is 0 Å². The molecular weight excluding hydrogens is 192 g/mol. The monoisotopic (exact) mass is 212 g/mol. The van der Waals surface area contributed by atoms with Gasteiger partial charge in [0.15, 0.2) is 6.29 Å². The molecule has 1 heterocycles. The van der Waals surface area contributed by atoms with Crippen molar-refractivity contribution in [3.8, 4) is 11.8 Å². The molecule has 0 aliphatic carbocycles. The quantitative estimate of drug-likeness (QED) is 0.724. The molecule has 2 atom stereocenters. The first-order valence-corrected chi connectivity index (χ1v) is 5.60. The molecule has 0 saturated carbocycles. The molecule has 1 N–H and O–H groups in total. The molecule has 0 aromatic rings. The Labute approximate surface area is 91.8 Å². The summed E-state index contributed by atoms with van der Waals surface area (Å²) in [5.41, 5.74) is -0.495. The number of hydrogen-bond donors (Lipinski definition) is 1. The van der Waals surface area contributed by atoms with Gasteiger partial charge in [0, 0.05) is 6.61 Å². The summed E-state index contributed by atoms with van der Waals surface area (Å²) in [6, 6.07) is 0. The lowest BCUT2D eigenvalue weighted by molar-refractivity contribution is -0.204. The van der Waals surface area contributed by atoms with E-state index in [-0.39, 0.29) is 12.9 Å². The van der Waals surface area contributed by atoms with Crippen molar-refractivity contribution in [2.45, 2.75) is 51.4 Å². The van der Waals surface area contributed by atoms with Crippen LogP contribution in [0.2, 0.25) is 0 Å². The minimum Gasteiger partial charge on any atom is -0.384 e. The number of ether oxygens (including phenoxy) is 2. The second-order valence-electron chi connectivity index (χ2n) is 3.96. The zero-order valence-corrected chi connectivity index (χ0v) is 9.58. The smallest absolute Gasteiger partial charge is 0.159 e. The molecule has 1 aliphatic heterocycles. The second-order valence-corrected chi connectivity index (χ2v) is 3.96. The molecule has 0 bridgehead atoms. The van der Waals surface area contributed by atoms with Crippen LogP contribution >= 0.6 is 0 Å². The maximum absolute atomic E-state index is 8.67. The summed E-state index contributed by atoms with van der Waals surface area (Å²) >= 11 is 0. The van der Waals surface area contributed by atoms with Gasteiger partial charge in [0.05, 0.1) is 0 Å². The highest BCUT2D eigenvalue weighted by atomic mass is 16.7. The summed E-state index contributed by atoms with van der Waals surface area (Å²) in [6.45, 7) is 4.62. The second kappa shape index (κ2) is 6.12. The number of rotatable bonds is 3. The average molecular weight is 212 g/mol. The van der Waals surface area contributed by atoms with Gasteiger partial charge in [0.1, 0.15) is 12.2 Å². The van der Waals surface area contributed by atoms with Crippen molar-refractivity contribution in [1.82, 2.24) is 0 Å². The fourth-order valence-corrected chi connectivity index (χ4v) is 1.52. The van der Waals surface area contributed by atoms with Crippen LogP contribution in [0.5, 0.6) is 0 Å². The summed E-state index contributed by atoms with van der Waals surface area (Å²) in [5, 5.41) is 8.67. The number of aliphatic hydroxyl groups is 1. The van der Waals surface area contributed by atoms with Crippen molar-refractivity contribution in [2.24, 2.45) is 0 Å². The third-order valence-corrected chi connectivity index (χ3v) is 2.64. The SMILES string of the molecule is CCC(C)(C#CCO)OC1CCCCO1. The molecule has 1 saturated heterocycles. The first kappa shape index (κ1) is 12.5. The van der Waals surface area contributed by atoms with E-state index < -0.39 is 5.60 Å². The van der Waals surface area contributed by atoms with Gasteiger partial charge in [-0.3, -0.25) is 0 Å². The molecule has 0 aromatic heterocycles. The molecule has 2 unspecified atom stereocenters. The molecule has 3 nitrogen and oxygen atoms in total. The van der Waals surface area contributed by atoms with Crippen LogP contribution in [0, 0.1) is 11.8 Å². The van der Waals surface area contributed by atoms with Gasteiger partial charge in [-0.05, 0) is 32.6 Å². The molecule has 0 aromatic carbocycles. The van der Waals surface area contributed by atoms with Gasteiger partial charge in [-0.25, -0.2) is 0 Å². The highest BCUT2D eigenvalue weighted by molar-refractivity contribution is 5.12. The van der Waals surface area contributed by atoms with Crippen LogP contribution in [0.1, 0.15) is 39.5 Å². The third-order valence-electron chi connectivity index (χ3n) is 2.64. The Morgan fingerprint density at radius 1 is 1.53 bits per heavy atom. The molecule has 15 heavy (non-hydrogen) atoms. The highest BCUT2D eigenvalue weighted by Crippen LogP contribution is 2.22. The third kappa shape index (κ3) is 4.21. The maximum Gasteiger partial charge on any atom is 0.159 e. The average Bonchev–Trinajstić information content (AvgIpc) is 2.28. The van der Waals surface area contributed by atoms with Gasteiger partial charge in [0.25, 0.3) is 0 Å². The largest absolute Gasteiger partial charge is 0.384 e. The number of hydrogen-bond acceptors (Lipinski definition) is 3. The fraction of sp³-hybridized carbons (Fsp3) is 0.833. The molecule has 0 amide bonds. The lowest BCUT2D eigenvalue weighted by atomic mass is 10.0. The molecule has 3 heteroatoms. The van der Waals surface area contributed by atoms with Crippen LogP contribution in [0.25, 0.3) is 0 Å². The lowest BCUT2D eigenvalue weighted by Gasteiger charge is -2.31. The van der Waals surface area contributed by atoms with Crippen molar-refractivity contribution in [3.63, 3.8) is 0 Å². The van der Waals surface area contributed by atoms with Crippen LogP contribution in [-0.4, -0.2) is 30.2 Å². The Morgan fingerprint density at radius 3 is 2.87 bits per heavy atom. The van der Waals surface area contributed by atoms with E-state index in [9.17, 15) is 0 Å². The predicted octanol–water partition coefficient (Wildman–Crippen LogP) is 1.69. The first-order chi connectivity index (χ1) is 7.20. The van der Waals surface area contributed by atoms with Gasteiger partial charge in [-0.2, -0.15) is 0 Å². The van der Waals surface area contributed by atoms with Crippen LogP contribution in [-0.2, 0) is 9.47 Å². The zero-order chi connectivity index (χ0) is 11.1. The van der Waals surface area contributed by atoms with E-state index in [1.54, 1.807) is 0 Å². The van der Waals surface area contributed by atoms with E-state index in [1.165, 1.54) is 0 Å². The van der Waals surface area contributed by atoms with Gasteiger partial charge in [-0.1, -0.05) is 18.8 Å². The Kier molecular flexibility index (Phi) is 5.10. The van der Waals surface area contributed by atoms with Crippen molar-refractivity contribution in [2.75, 3.05) is 13.2 Å². The maximum atomic E-state index is 8.67. The Morgan fingerprint density at radius 2 is 2.33 bits per heavy atom. The topological polar surface area (TPSA) is 38.7 Å². The lowest BCUT2D eigenvalue weighted by Crippen LogP contribution is -2.35. The van der Waals surface area contributed by atoms with Crippen LogP contribution < -0.4 is 0 Å². The fourth-order valence-electron chi connectivity index (χ4n) is 1.52. The minimum absolute atomic E-state index is 0.121. The Hall–Kier alpha value is -0.560. The van der Waals surface area contributed by atoms with Gasteiger partial charge in [-0.15, -0.1) is 0 Å². The van der Waals surface area contributed by atoms with E-state index in [2.05, 4.69) is 11.8 Å². The van der Waals surface area contributed by atoms with E-state index in [1.807, 2.05) is 13.8 Å². The molecular formula is C12H20O3. The van der Waals surface area contributed by atoms with Crippen molar-refractivity contribution < 1.29 is 14.6 Å². The van der Waals surface area contributed by atoms with Crippen molar-refractivity contribution in [3.05, 3.63) is 0 Å². The van der Waals surface area contributed by atoms with Gasteiger partial charge >= 0.3 is 0 Å². The summed E-state index contributed by atoms with van der Waals surface area (Å²) in [5.74, 6) is 5.59. The van der Waals surface area contributed by atoms with E-state index >= 15 is 0 Å². The van der Waals surface area contributed by atoms with Gasteiger partial charge < -0.3 is 14.6 Å². The zero-order valence-electron chi connectivity index (χ0n) is 9.58. The standard InChI is InChI=1S/C12H20O3/c1-3-12(2,8-6-9-13)15-11-7-4-5-10-14-11/h11,13H,3-5,7,9-10H2,1-2H3. The molecule has 0 spiro atoms. The Bertz CT molecular complexity index is 235. The van der Waals surface area contributed by atoms with Gasteiger partial charge in [0.2, 0.25) is 0 Å². The van der Waals surface area contributed by atoms with E-state index in [4.69, 9.17) is 14.6 Å². The Balaban J connectivity index is 2.50. The predicted molar refractivity (Wildman–Crippen MR) is 58.2 cm³/mol. The summed E-state index contributed by atoms with van der Waals surface area (Å²) in [6.07, 6.45) is 3.87. The molecule has 1 aliphatic rings. The van der Waals surface area contributed by atoms with Crippen LogP contribution in [0.3, 0.4) is 0 Å². The van der Waals surface area contributed by atoms with Crippen LogP contribution in [0.15, 0.2) is 0 Å². The summed E-state index contributed by atoms with van der Waals surface area (Å²) in [7, 11) is 0. The van der Waals surface area contributed by atoms with E-state index in [0.717, 1.165) is 32.3 Å². The first-order valence-electron chi connectivity index (χ1n) is 5.60. The number of aliphatic hydroxyl groups excluding tert-OH is 1.